The zero-order valence-corrected chi connectivity index (χ0v) is 23.3. The average Bonchev–Trinajstić information content (AvgIpc) is 3.40. The first-order chi connectivity index (χ1) is 19.9. The number of carbonyl (C=O) groups is 2. The van der Waals surface area contributed by atoms with E-state index in [1.165, 1.54) is 0 Å². The largest absolute Gasteiger partial charge is 0.497 e. The van der Waals surface area contributed by atoms with Crippen LogP contribution in [0.4, 0.5) is 11.4 Å². The Hall–Kier alpha value is -5.18. The average molecular weight is 549 g/mol. The summed E-state index contributed by atoms with van der Waals surface area (Å²) in [6, 6.07) is 30.9. The molecule has 1 unspecified atom stereocenters. The second-order valence-electron chi connectivity index (χ2n) is 9.85. The molecule has 0 fully saturated rings. The molecule has 0 aliphatic carbocycles. The van der Waals surface area contributed by atoms with Gasteiger partial charge in [-0.05, 0) is 59.7 Å². The van der Waals surface area contributed by atoms with Crippen LogP contribution in [0.15, 0.2) is 103 Å². The van der Waals surface area contributed by atoms with Gasteiger partial charge in [0.05, 0.1) is 12.6 Å². The van der Waals surface area contributed by atoms with Crippen LogP contribution in [0.3, 0.4) is 0 Å². The van der Waals surface area contributed by atoms with Crippen molar-refractivity contribution in [1.82, 2.24) is 19.9 Å². The molecule has 9 nitrogen and oxygen atoms in total. The number of rotatable bonds is 10. The highest BCUT2D eigenvalue weighted by Crippen LogP contribution is 2.27. The molecular formula is C32H32N6O3. The van der Waals surface area contributed by atoms with Gasteiger partial charge in [-0.1, -0.05) is 59.8 Å². The third-order valence-corrected chi connectivity index (χ3v) is 6.86. The Bertz CT molecular complexity index is 1620. The number of fused-ring (bicyclic) bond motifs is 1. The summed E-state index contributed by atoms with van der Waals surface area (Å²) < 4.78 is 6.88. The zero-order chi connectivity index (χ0) is 28.8. The predicted octanol–water partition coefficient (Wildman–Crippen LogP) is 4.91. The maximum atomic E-state index is 14.1. The van der Waals surface area contributed by atoms with Gasteiger partial charge in [0, 0.05) is 32.0 Å². The Kier molecular flexibility index (Phi) is 8.24. The molecule has 2 amide bonds. The summed E-state index contributed by atoms with van der Waals surface area (Å²) in [5.74, 6) is 0.113. The topological polar surface area (TPSA) is 92.6 Å². The van der Waals surface area contributed by atoms with Crippen molar-refractivity contribution < 1.29 is 14.3 Å². The lowest BCUT2D eigenvalue weighted by molar-refractivity contribution is -0.140. The smallest absolute Gasteiger partial charge is 0.251 e. The first-order valence-electron chi connectivity index (χ1n) is 13.3. The van der Waals surface area contributed by atoms with Gasteiger partial charge in [0.25, 0.3) is 5.91 Å². The number of para-hydroxylation sites is 1. The minimum atomic E-state index is -0.908. The third-order valence-electron chi connectivity index (χ3n) is 6.86. The minimum Gasteiger partial charge on any atom is -0.497 e. The van der Waals surface area contributed by atoms with Crippen molar-refractivity contribution in [3.63, 3.8) is 0 Å². The summed E-state index contributed by atoms with van der Waals surface area (Å²) in [5, 5.41) is 11.4. The number of hydrogen-bond acceptors (Lipinski definition) is 6. The van der Waals surface area contributed by atoms with Gasteiger partial charge in [0.1, 0.15) is 23.9 Å². The first-order valence-corrected chi connectivity index (χ1v) is 13.3. The summed E-state index contributed by atoms with van der Waals surface area (Å²) in [4.78, 5) is 31.7. The van der Waals surface area contributed by atoms with E-state index in [0.29, 0.717) is 22.5 Å². The molecule has 208 valence electrons. The Morgan fingerprint density at radius 1 is 0.878 bits per heavy atom. The highest BCUT2D eigenvalue weighted by atomic mass is 16.5. The van der Waals surface area contributed by atoms with Crippen molar-refractivity contribution in [2.24, 2.45) is 0 Å². The molecule has 1 atom stereocenters. The lowest BCUT2D eigenvalue weighted by atomic mass is 10.0. The van der Waals surface area contributed by atoms with Crippen LogP contribution in [0, 0.1) is 0 Å². The summed E-state index contributed by atoms with van der Waals surface area (Å²) in [5.41, 5.74) is 4.64. The molecule has 0 saturated heterocycles. The van der Waals surface area contributed by atoms with Crippen LogP contribution in [-0.4, -0.2) is 52.9 Å². The number of methoxy groups -OCH3 is 1. The highest BCUT2D eigenvalue weighted by molar-refractivity contribution is 5.98. The quantitative estimate of drug-likeness (QED) is 0.267. The first kappa shape index (κ1) is 27.4. The van der Waals surface area contributed by atoms with E-state index in [1.54, 1.807) is 16.7 Å². The SMILES string of the molecule is COc1ccc(CN(C(=O)Cn2nnc3ccccc32)C(C(=O)Nc2ccc(N(C)C)cc2)c2ccccc2)cc1. The van der Waals surface area contributed by atoms with E-state index < -0.39 is 6.04 Å². The number of carbonyl (C=O) groups excluding carboxylic acids is 2. The van der Waals surface area contributed by atoms with Gasteiger partial charge in [-0.25, -0.2) is 4.68 Å². The molecule has 0 radical (unpaired) electrons. The molecule has 0 aliphatic heterocycles. The van der Waals surface area contributed by atoms with Crippen molar-refractivity contribution in [1.29, 1.82) is 0 Å². The number of aromatic nitrogens is 3. The molecule has 0 spiro atoms. The fourth-order valence-corrected chi connectivity index (χ4v) is 4.67. The second kappa shape index (κ2) is 12.3. The molecule has 9 heteroatoms. The fourth-order valence-electron chi connectivity index (χ4n) is 4.67. The van der Waals surface area contributed by atoms with Crippen LogP contribution in [0.2, 0.25) is 0 Å². The third kappa shape index (κ3) is 6.36. The van der Waals surface area contributed by atoms with E-state index in [2.05, 4.69) is 15.6 Å². The monoisotopic (exact) mass is 548 g/mol. The van der Waals surface area contributed by atoms with Gasteiger partial charge in [0.15, 0.2) is 0 Å². The summed E-state index contributed by atoms with van der Waals surface area (Å²) in [6.07, 6.45) is 0. The number of benzene rings is 4. The van der Waals surface area contributed by atoms with Gasteiger partial charge in [-0.2, -0.15) is 0 Å². The van der Waals surface area contributed by atoms with E-state index in [9.17, 15) is 9.59 Å². The lowest BCUT2D eigenvalue weighted by Gasteiger charge is -2.31. The molecule has 0 bridgehead atoms. The van der Waals surface area contributed by atoms with Crippen molar-refractivity contribution in [2.75, 3.05) is 31.4 Å². The lowest BCUT2D eigenvalue weighted by Crippen LogP contribution is -2.42. The molecule has 1 heterocycles. The molecule has 5 rings (SSSR count). The zero-order valence-electron chi connectivity index (χ0n) is 23.3. The minimum absolute atomic E-state index is 0.0786. The van der Waals surface area contributed by atoms with Gasteiger partial charge in [0.2, 0.25) is 5.91 Å². The molecule has 0 saturated carbocycles. The van der Waals surface area contributed by atoms with E-state index in [1.807, 2.05) is 122 Å². The normalized spacial score (nSPS) is 11.6. The van der Waals surface area contributed by atoms with Gasteiger partial charge >= 0.3 is 0 Å². The van der Waals surface area contributed by atoms with Crippen molar-refractivity contribution >= 4 is 34.2 Å². The van der Waals surface area contributed by atoms with Crippen molar-refractivity contribution in [2.45, 2.75) is 19.1 Å². The van der Waals surface area contributed by atoms with Crippen LogP contribution in [0.1, 0.15) is 17.2 Å². The van der Waals surface area contributed by atoms with Crippen LogP contribution < -0.4 is 15.0 Å². The van der Waals surface area contributed by atoms with E-state index in [4.69, 9.17) is 4.74 Å². The van der Waals surface area contributed by atoms with E-state index in [0.717, 1.165) is 16.8 Å². The number of ether oxygens (including phenoxy) is 1. The van der Waals surface area contributed by atoms with Crippen molar-refractivity contribution in [3.8, 4) is 5.75 Å². The predicted molar refractivity (Wildman–Crippen MR) is 160 cm³/mol. The molecule has 1 aromatic heterocycles. The molecule has 1 N–H and O–H groups in total. The number of anilines is 2. The van der Waals surface area contributed by atoms with Crippen molar-refractivity contribution in [3.05, 3.63) is 114 Å². The number of amides is 2. The number of hydrogen-bond donors (Lipinski definition) is 1. The summed E-state index contributed by atoms with van der Waals surface area (Å²) in [7, 11) is 5.52. The van der Waals surface area contributed by atoms with Gasteiger partial charge in [-0.15, -0.1) is 5.10 Å². The molecule has 0 aliphatic rings. The van der Waals surface area contributed by atoms with E-state index in [-0.39, 0.29) is 24.9 Å². The van der Waals surface area contributed by atoms with Gasteiger partial charge in [-0.3, -0.25) is 9.59 Å². The van der Waals surface area contributed by atoms with Crippen LogP contribution in [-0.2, 0) is 22.7 Å². The van der Waals surface area contributed by atoms with Crippen LogP contribution in [0.25, 0.3) is 11.0 Å². The van der Waals surface area contributed by atoms with Gasteiger partial charge < -0.3 is 19.9 Å². The Balaban J connectivity index is 1.51. The number of nitrogens with zero attached hydrogens (tertiary/aromatic N) is 5. The molecule has 4 aromatic carbocycles. The molecule has 5 aromatic rings. The standard InChI is InChI=1S/C32H32N6O3/c1-36(2)26-17-15-25(16-18-26)33-32(40)31(24-9-5-4-6-10-24)37(21-23-13-19-27(41-3)20-14-23)30(39)22-38-29-12-8-7-11-28(29)34-35-38/h4-20,31H,21-22H2,1-3H3,(H,33,40). The molecular weight excluding hydrogens is 516 g/mol. The maximum Gasteiger partial charge on any atom is 0.251 e. The molecule has 41 heavy (non-hydrogen) atoms. The van der Waals surface area contributed by atoms with Crippen LogP contribution >= 0.6 is 0 Å². The van der Waals surface area contributed by atoms with E-state index >= 15 is 0 Å². The Morgan fingerprint density at radius 3 is 2.24 bits per heavy atom. The Morgan fingerprint density at radius 2 is 1.56 bits per heavy atom. The summed E-state index contributed by atoms with van der Waals surface area (Å²) in [6.45, 7) is 0.118. The second-order valence-corrected chi connectivity index (χ2v) is 9.85. The highest BCUT2D eigenvalue weighted by Gasteiger charge is 2.32. The van der Waals surface area contributed by atoms with Crippen LogP contribution in [0.5, 0.6) is 5.75 Å². The number of nitrogens with one attached hydrogen (secondary N) is 1. The summed E-state index contributed by atoms with van der Waals surface area (Å²) >= 11 is 0. The maximum absolute atomic E-state index is 14.1. The fraction of sp³-hybridized carbons (Fsp3) is 0.188. The Labute approximate surface area is 239 Å².